The van der Waals surface area contributed by atoms with Gasteiger partial charge in [0.25, 0.3) is 0 Å². The van der Waals surface area contributed by atoms with Crippen molar-refractivity contribution in [3.63, 3.8) is 0 Å². The summed E-state index contributed by atoms with van der Waals surface area (Å²) in [7, 11) is 3.65. The summed E-state index contributed by atoms with van der Waals surface area (Å²) in [6, 6.07) is 9.79. The molecule has 32 heavy (non-hydrogen) atoms. The highest BCUT2D eigenvalue weighted by molar-refractivity contribution is 9.10. The fraction of sp³-hybridized carbons (Fsp3) is 0.333. The maximum Gasteiger partial charge on any atom is 0.341 e. The highest BCUT2D eigenvalue weighted by Crippen LogP contribution is 2.38. The monoisotopic (exact) mass is 516 g/mol. The molecule has 0 saturated carbocycles. The normalized spacial score (nSPS) is 13.6. The Hall–Kier alpha value is -2.42. The van der Waals surface area contributed by atoms with Crippen molar-refractivity contribution in [1.82, 2.24) is 4.90 Å². The molecule has 6 nitrogen and oxygen atoms in total. The van der Waals surface area contributed by atoms with E-state index in [0.29, 0.717) is 22.9 Å². The van der Waals surface area contributed by atoms with Crippen LogP contribution < -0.4 is 10.1 Å². The Kier molecular flexibility index (Phi) is 6.83. The van der Waals surface area contributed by atoms with Crippen LogP contribution in [0, 0.1) is 0 Å². The van der Waals surface area contributed by atoms with E-state index < -0.39 is 0 Å². The zero-order chi connectivity index (χ0) is 22.8. The first-order valence-electron chi connectivity index (χ1n) is 10.5. The standard InChI is InChI=1S/C24H25BrN2O4S/c1-4-31-24(29)22-17-9-10-27(2)13-20(17)32-23(22)26-21(28)12-18-16-7-6-15(25)11-14(16)5-8-19(18)30-3/h5-8,11H,4,9-10,12-13H2,1-3H3,(H,26,28). The molecule has 168 valence electrons. The first-order chi connectivity index (χ1) is 15.4. The number of halogens is 1. The minimum absolute atomic E-state index is 0.132. The van der Waals surface area contributed by atoms with E-state index in [1.165, 1.54) is 11.3 Å². The van der Waals surface area contributed by atoms with E-state index in [9.17, 15) is 9.59 Å². The van der Waals surface area contributed by atoms with Crippen molar-refractivity contribution in [2.24, 2.45) is 0 Å². The Morgan fingerprint density at radius 3 is 2.81 bits per heavy atom. The van der Waals surface area contributed by atoms with Crippen molar-refractivity contribution in [2.45, 2.75) is 26.3 Å². The van der Waals surface area contributed by atoms with E-state index in [0.717, 1.165) is 50.8 Å². The molecule has 0 spiro atoms. The summed E-state index contributed by atoms with van der Waals surface area (Å²) in [6.45, 7) is 3.70. The van der Waals surface area contributed by atoms with Crippen LogP contribution in [0.2, 0.25) is 0 Å². The van der Waals surface area contributed by atoms with Crippen molar-refractivity contribution in [2.75, 3.05) is 32.6 Å². The van der Waals surface area contributed by atoms with E-state index >= 15 is 0 Å². The highest BCUT2D eigenvalue weighted by Gasteiger charge is 2.29. The highest BCUT2D eigenvalue weighted by atomic mass is 79.9. The average molecular weight is 517 g/mol. The average Bonchev–Trinajstić information content (AvgIpc) is 3.10. The number of nitrogens with one attached hydrogen (secondary N) is 1. The summed E-state index contributed by atoms with van der Waals surface area (Å²) in [6.07, 6.45) is 0.894. The summed E-state index contributed by atoms with van der Waals surface area (Å²) in [5, 5.41) is 5.54. The number of ether oxygens (including phenoxy) is 2. The molecule has 8 heteroatoms. The lowest BCUT2D eigenvalue weighted by Crippen LogP contribution is -2.26. The molecule has 2 heterocycles. The molecule has 2 aromatic carbocycles. The third kappa shape index (κ3) is 4.53. The van der Waals surface area contributed by atoms with Gasteiger partial charge in [0.1, 0.15) is 10.8 Å². The number of anilines is 1. The second-order valence-corrected chi connectivity index (χ2v) is 9.77. The van der Waals surface area contributed by atoms with E-state index in [4.69, 9.17) is 9.47 Å². The molecule has 0 fully saturated rings. The molecule has 1 aliphatic rings. The summed E-state index contributed by atoms with van der Waals surface area (Å²) in [5.74, 6) is 0.0846. The molecular formula is C24H25BrN2O4S. The maximum atomic E-state index is 13.1. The summed E-state index contributed by atoms with van der Waals surface area (Å²) in [4.78, 5) is 29.2. The van der Waals surface area contributed by atoms with Gasteiger partial charge in [0, 0.05) is 28.0 Å². The Balaban J connectivity index is 1.66. The quantitative estimate of drug-likeness (QED) is 0.466. The Morgan fingerprint density at radius 1 is 1.25 bits per heavy atom. The number of fused-ring (bicyclic) bond motifs is 2. The number of hydrogen-bond donors (Lipinski definition) is 1. The molecule has 0 saturated heterocycles. The lowest BCUT2D eigenvalue weighted by Gasteiger charge is -2.22. The first-order valence-corrected chi connectivity index (χ1v) is 12.1. The molecule has 4 rings (SSSR count). The molecule has 3 aromatic rings. The smallest absolute Gasteiger partial charge is 0.341 e. The molecule has 0 aliphatic carbocycles. The second kappa shape index (κ2) is 9.60. The molecule has 1 amide bonds. The van der Waals surface area contributed by atoms with Gasteiger partial charge in [-0.2, -0.15) is 0 Å². The number of amides is 1. The van der Waals surface area contributed by atoms with Gasteiger partial charge in [0.05, 0.1) is 25.7 Å². The molecule has 0 bridgehead atoms. The largest absolute Gasteiger partial charge is 0.496 e. The zero-order valence-electron chi connectivity index (χ0n) is 18.3. The Labute approximate surface area is 199 Å². The van der Waals surface area contributed by atoms with Crippen LogP contribution in [0.25, 0.3) is 10.8 Å². The number of benzene rings is 2. The summed E-state index contributed by atoms with van der Waals surface area (Å²) < 4.78 is 11.8. The number of carbonyl (C=O) groups is 2. The van der Waals surface area contributed by atoms with Gasteiger partial charge < -0.3 is 19.7 Å². The molecule has 0 radical (unpaired) electrons. The Bertz CT molecular complexity index is 1190. The van der Waals surface area contributed by atoms with Crippen LogP contribution in [0.3, 0.4) is 0 Å². The van der Waals surface area contributed by atoms with Crippen molar-refractivity contribution < 1.29 is 19.1 Å². The molecule has 0 atom stereocenters. The van der Waals surface area contributed by atoms with Gasteiger partial charge in [-0.1, -0.05) is 28.1 Å². The number of esters is 1. The zero-order valence-corrected chi connectivity index (χ0v) is 20.7. The fourth-order valence-electron chi connectivity index (χ4n) is 4.09. The van der Waals surface area contributed by atoms with Crippen molar-refractivity contribution in [3.05, 3.63) is 56.4 Å². The summed E-state index contributed by atoms with van der Waals surface area (Å²) in [5.41, 5.74) is 2.31. The van der Waals surface area contributed by atoms with Crippen LogP contribution in [0.4, 0.5) is 5.00 Å². The van der Waals surface area contributed by atoms with Gasteiger partial charge >= 0.3 is 5.97 Å². The van der Waals surface area contributed by atoms with Crippen molar-refractivity contribution in [3.8, 4) is 5.75 Å². The lowest BCUT2D eigenvalue weighted by molar-refractivity contribution is -0.115. The number of rotatable bonds is 6. The van der Waals surface area contributed by atoms with Gasteiger partial charge in [0.15, 0.2) is 0 Å². The SMILES string of the molecule is CCOC(=O)c1c(NC(=O)Cc2c(OC)ccc3cc(Br)ccc23)sc2c1CCN(C)C2. The van der Waals surface area contributed by atoms with Gasteiger partial charge in [-0.05, 0) is 54.9 Å². The Morgan fingerprint density at radius 2 is 2.06 bits per heavy atom. The van der Waals surface area contributed by atoms with Gasteiger partial charge in [0.2, 0.25) is 5.91 Å². The van der Waals surface area contributed by atoms with Crippen LogP contribution in [0.5, 0.6) is 5.75 Å². The predicted octanol–water partition coefficient (Wildman–Crippen LogP) is 5.02. The number of likely N-dealkylation sites (N-methyl/N-ethyl adjacent to an activating group) is 1. The lowest BCUT2D eigenvalue weighted by atomic mass is 10.0. The predicted molar refractivity (Wildman–Crippen MR) is 131 cm³/mol. The minimum atomic E-state index is -0.377. The van der Waals surface area contributed by atoms with Gasteiger partial charge in [-0.15, -0.1) is 11.3 Å². The van der Waals surface area contributed by atoms with Crippen molar-refractivity contribution in [1.29, 1.82) is 0 Å². The van der Waals surface area contributed by atoms with Gasteiger partial charge in [-0.3, -0.25) is 4.79 Å². The second-order valence-electron chi connectivity index (χ2n) is 7.75. The van der Waals surface area contributed by atoms with Crippen LogP contribution in [0.15, 0.2) is 34.8 Å². The molecule has 1 N–H and O–H groups in total. The van der Waals surface area contributed by atoms with E-state index in [2.05, 4.69) is 33.2 Å². The number of carbonyl (C=O) groups excluding carboxylic acids is 2. The van der Waals surface area contributed by atoms with E-state index in [1.54, 1.807) is 14.0 Å². The van der Waals surface area contributed by atoms with E-state index in [1.807, 2.05) is 30.3 Å². The maximum absolute atomic E-state index is 13.1. The van der Waals surface area contributed by atoms with E-state index in [-0.39, 0.29) is 18.3 Å². The third-order valence-electron chi connectivity index (χ3n) is 5.59. The third-order valence-corrected chi connectivity index (χ3v) is 7.21. The van der Waals surface area contributed by atoms with Crippen LogP contribution >= 0.6 is 27.3 Å². The number of hydrogen-bond acceptors (Lipinski definition) is 6. The number of thiophene rings is 1. The molecule has 0 unspecified atom stereocenters. The fourth-order valence-corrected chi connectivity index (χ4v) is 5.80. The first kappa shape index (κ1) is 22.8. The molecule has 1 aromatic heterocycles. The molecular weight excluding hydrogens is 492 g/mol. The van der Waals surface area contributed by atoms with Crippen LogP contribution in [-0.2, 0) is 28.9 Å². The molecule has 1 aliphatic heterocycles. The minimum Gasteiger partial charge on any atom is -0.496 e. The topological polar surface area (TPSA) is 67.9 Å². The van der Waals surface area contributed by atoms with Crippen LogP contribution in [-0.4, -0.2) is 44.1 Å². The van der Waals surface area contributed by atoms with Gasteiger partial charge in [-0.25, -0.2) is 4.79 Å². The van der Waals surface area contributed by atoms with Crippen LogP contribution in [0.1, 0.15) is 33.3 Å². The number of nitrogens with zero attached hydrogens (tertiary/aromatic N) is 1. The number of methoxy groups -OCH3 is 1. The van der Waals surface area contributed by atoms with Crippen molar-refractivity contribution >= 4 is 54.9 Å². The summed E-state index contributed by atoms with van der Waals surface area (Å²) >= 11 is 4.96.